The molecule has 0 saturated heterocycles. The van der Waals surface area contributed by atoms with Crippen LogP contribution in [0.5, 0.6) is 0 Å². The zero-order valence-electron chi connectivity index (χ0n) is 6.71. The number of hydrogen-bond donors (Lipinski definition) is 2. The van der Waals surface area contributed by atoms with Gasteiger partial charge in [0.25, 0.3) is 0 Å². The van der Waals surface area contributed by atoms with Crippen LogP contribution in [0.25, 0.3) is 0 Å². The summed E-state index contributed by atoms with van der Waals surface area (Å²) in [6.45, 7) is -0.861. The molecular formula is C7H9NO5. The second-order valence-electron chi connectivity index (χ2n) is 2.28. The zero-order valence-corrected chi connectivity index (χ0v) is 6.71. The third kappa shape index (κ3) is 2.53. The lowest BCUT2D eigenvalue weighted by atomic mass is 10.4. The van der Waals surface area contributed by atoms with Crippen LogP contribution in [0.2, 0.25) is 0 Å². The van der Waals surface area contributed by atoms with E-state index in [1.165, 1.54) is 12.3 Å². The van der Waals surface area contributed by atoms with Gasteiger partial charge in [-0.25, -0.2) is 4.79 Å². The highest BCUT2D eigenvalue weighted by Gasteiger charge is 2.16. The van der Waals surface area contributed by atoms with Crippen molar-refractivity contribution in [3.8, 4) is 0 Å². The molecule has 0 unspecified atom stereocenters. The summed E-state index contributed by atoms with van der Waals surface area (Å²) in [6.07, 6.45) is 0.313. The monoisotopic (exact) mass is 187 g/mol. The lowest BCUT2D eigenvalue weighted by Crippen LogP contribution is -2.25. The molecule has 72 valence electrons. The van der Waals surface area contributed by atoms with Crippen molar-refractivity contribution in [1.82, 2.24) is 5.16 Å². The van der Waals surface area contributed by atoms with E-state index in [9.17, 15) is 4.79 Å². The van der Waals surface area contributed by atoms with Crippen LogP contribution >= 0.6 is 0 Å². The minimum absolute atomic E-state index is 0.00639. The number of carbonyl (C=O) groups excluding carboxylic acids is 1. The Kier molecular flexibility index (Phi) is 3.41. The van der Waals surface area contributed by atoms with Crippen LogP contribution in [0.15, 0.2) is 16.9 Å². The Labute approximate surface area is 73.7 Å². The minimum atomic E-state index is -0.913. The fourth-order valence-corrected chi connectivity index (χ4v) is 0.662. The number of aliphatic hydroxyl groups excluding tert-OH is 2. The summed E-state index contributed by atoms with van der Waals surface area (Å²) in [5.41, 5.74) is 0.00639. The van der Waals surface area contributed by atoms with Gasteiger partial charge in [-0.05, 0) is 0 Å². The van der Waals surface area contributed by atoms with E-state index in [-0.39, 0.29) is 5.69 Å². The number of aromatic nitrogens is 1. The number of hydrogen-bond acceptors (Lipinski definition) is 6. The van der Waals surface area contributed by atoms with Crippen molar-refractivity contribution in [2.24, 2.45) is 0 Å². The molecule has 1 aromatic heterocycles. The Bertz CT molecular complexity index is 254. The maximum absolute atomic E-state index is 11.1. The molecule has 0 aliphatic heterocycles. The SMILES string of the molecule is O=C(OC(CO)CO)c1ccon1. The molecular weight excluding hydrogens is 178 g/mol. The van der Waals surface area contributed by atoms with Crippen LogP contribution in [0, 0.1) is 0 Å². The molecule has 1 heterocycles. The summed E-state index contributed by atoms with van der Waals surface area (Å²) in [4.78, 5) is 11.1. The smallest absolute Gasteiger partial charge is 0.360 e. The summed E-state index contributed by atoms with van der Waals surface area (Å²) < 4.78 is 9.04. The quantitative estimate of drug-likeness (QED) is 0.598. The summed E-state index contributed by atoms with van der Waals surface area (Å²) in [6, 6.07) is 1.33. The molecule has 6 nitrogen and oxygen atoms in total. The first-order valence-electron chi connectivity index (χ1n) is 3.61. The van der Waals surface area contributed by atoms with Crippen molar-refractivity contribution >= 4 is 5.97 Å². The lowest BCUT2D eigenvalue weighted by Gasteiger charge is -2.10. The Balaban J connectivity index is 2.50. The highest BCUT2D eigenvalue weighted by molar-refractivity contribution is 5.86. The van der Waals surface area contributed by atoms with Gasteiger partial charge in [-0.1, -0.05) is 5.16 Å². The second kappa shape index (κ2) is 4.58. The highest BCUT2D eigenvalue weighted by atomic mass is 16.6. The van der Waals surface area contributed by atoms with E-state index >= 15 is 0 Å². The van der Waals surface area contributed by atoms with E-state index in [0.29, 0.717) is 0 Å². The molecule has 0 amide bonds. The topological polar surface area (TPSA) is 92.8 Å². The van der Waals surface area contributed by atoms with Crippen LogP contribution in [0.4, 0.5) is 0 Å². The predicted octanol–water partition coefficient (Wildman–Crippen LogP) is -0.815. The van der Waals surface area contributed by atoms with Gasteiger partial charge in [-0.2, -0.15) is 0 Å². The molecule has 0 spiro atoms. The zero-order chi connectivity index (χ0) is 9.68. The lowest BCUT2D eigenvalue weighted by molar-refractivity contribution is -0.00628. The average molecular weight is 187 g/mol. The van der Waals surface area contributed by atoms with Crippen LogP contribution in [-0.4, -0.2) is 40.7 Å². The fraction of sp³-hybridized carbons (Fsp3) is 0.429. The van der Waals surface area contributed by atoms with Crippen molar-refractivity contribution in [1.29, 1.82) is 0 Å². The van der Waals surface area contributed by atoms with Crippen molar-refractivity contribution in [3.63, 3.8) is 0 Å². The Morgan fingerprint density at radius 2 is 2.31 bits per heavy atom. The number of carbonyl (C=O) groups is 1. The predicted molar refractivity (Wildman–Crippen MR) is 39.9 cm³/mol. The number of aliphatic hydroxyl groups is 2. The first-order chi connectivity index (χ1) is 6.27. The van der Waals surface area contributed by atoms with E-state index in [1.54, 1.807) is 0 Å². The van der Waals surface area contributed by atoms with Gasteiger partial charge in [0.2, 0.25) is 0 Å². The maximum atomic E-state index is 11.1. The second-order valence-corrected chi connectivity index (χ2v) is 2.28. The van der Waals surface area contributed by atoms with Gasteiger partial charge in [0.15, 0.2) is 5.69 Å². The van der Waals surface area contributed by atoms with Gasteiger partial charge >= 0.3 is 5.97 Å². The molecule has 13 heavy (non-hydrogen) atoms. The van der Waals surface area contributed by atoms with Crippen molar-refractivity contribution in [2.45, 2.75) is 6.10 Å². The first kappa shape index (κ1) is 9.69. The van der Waals surface area contributed by atoms with Gasteiger partial charge in [0, 0.05) is 6.07 Å². The molecule has 0 bridgehead atoms. The molecule has 0 atom stereocenters. The molecule has 6 heteroatoms. The largest absolute Gasteiger partial charge is 0.453 e. The van der Waals surface area contributed by atoms with Crippen LogP contribution in [0.1, 0.15) is 10.5 Å². The molecule has 0 aromatic carbocycles. The normalized spacial score (nSPS) is 10.4. The van der Waals surface area contributed by atoms with Gasteiger partial charge in [-0.15, -0.1) is 0 Å². The summed E-state index contributed by atoms with van der Waals surface area (Å²) in [5, 5.41) is 20.5. The third-order valence-electron chi connectivity index (χ3n) is 1.33. The molecule has 0 fully saturated rings. The van der Waals surface area contributed by atoms with Crippen molar-refractivity contribution < 1.29 is 24.3 Å². The van der Waals surface area contributed by atoms with Gasteiger partial charge in [0.05, 0.1) is 13.2 Å². The van der Waals surface area contributed by atoms with E-state index in [1.807, 2.05) is 0 Å². The van der Waals surface area contributed by atoms with Crippen LogP contribution < -0.4 is 0 Å². The van der Waals surface area contributed by atoms with Crippen LogP contribution in [-0.2, 0) is 4.74 Å². The molecule has 1 aromatic rings. The highest BCUT2D eigenvalue weighted by Crippen LogP contribution is 2.00. The Morgan fingerprint density at radius 3 is 2.77 bits per heavy atom. The van der Waals surface area contributed by atoms with Crippen molar-refractivity contribution in [3.05, 3.63) is 18.0 Å². The minimum Gasteiger partial charge on any atom is -0.453 e. The summed E-state index contributed by atoms with van der Waals surface area (Å²) in [7, 11) is 0. The Hall–Kier alpha value is -1.40. The van der Waals surface area contributed by atoms with Gasteiger partial charge in [0.1, 0.15) is 12.4 Å². The Morgan fingerprint density at radius 1 is 1.62 bits per heavy atom. The number of esters is 1. The number of nitrogens with zero attached hydrogens (tertiary/aromatic N) is 1. The average Bonchev–Trinajstić information content (AvgIpc) is 2.66. The molecule has 0 radical (unpaired) electrons. The summed E-state index contributed by atoms with van der Waals surface area (Å²) >= 11 is 0. The molecule has 1 rings (SSSR count). The third-order valence-corrected chi connectivity index (χ3v) is 1.33. The molecule has 0 aliphatic carbocycles. The molecule has 0 aliphatic rings. The van der Waals surface area contributed by atoms with Gasteiger partial charge in [-0.3, -0.25) is 0 Å². The standard InChI is InChI=1S/C7H9NO5/c9-3-5(4-10)13-7(11)6-1-2-12-8-6/h1-2,5,9-10H,3-4H2. The first-order valence-corrected chi connectivity index (χ1v) is 3.61. The van der Waals surface area contributed by atoms with E-state index in [4.69, 9.17) is 10.2 Å². The van der Waals surface area contributed by atoms with E-state index in [0.717, 1.165) is 0 Å². The number of ether oxygens (including phenoxy) is 1. The van der Waals surface area contributed by atoms with E-state index in [2.05, 4.69) is 14.4 Å². The van der Waals surface area contributed by atoms with Crippen LogP contribution in [0.3, 0.4) is 0 Å². The van der Waals surface area contributed by atoms with Gasteiger partial charge < -0.3 is 19.5 Å². The maximum Gasteiger partial charge on any atom is 0.360 e. The molecule has 2 N–H and O–H groups in total. The van der Waals surface area contributed by atoms with E-state index < -0.39 is 25.3 Å². The molecule has 0 saturated carbocycles. The van der Waals surface area contributed by atoms with Crippen molar-refractivity contribution in [2.75, 3.05) is 13.2 Å². The summed E-state index contributed by atoms with van der Waals surface area (Å²) in [5.74, 6) is -0.734. The fourth-order valence-electron chi connectivity index (χ4n) is 0.662. The number of rotatable bonds is 4.